The monoisotopic (exact) mass is 240 g/mol. The minimum absolute atomic E-state index is 0.164. The summed E-state index contributed by atoms with van der Waals surface area (Å²) in [7, 11) is 1.76. The first-order valence-corrected chi connectivity index (χ1v) is 5.30. The van der Waals surface area contributed by atoms with Crippen LogP contribution in [-0.2, 0) is 12.6 Å². The number of imidazole rings is 1. The van der Waals surface area contributed by atoms with E-state index in [0.29, 0.717) is 11.2 Å². The van der Waals surface area contributed by atoms with Gasteiger partial charge in [-0.2, -0.15) is 4.98 Å². The van der Waals surface area contributed by atoms with Crippen LogP contribution < -0.4 is 5.56 Å². The fourth-order valence-corrected chi connectivity index (χ4v) is 2.07. The average Bonchev–Trinajstić information content (AvgIpc) is 2.44. The smallest absolute Gasteiger partial charge is 0.281 e. The van der Waals surface area contributed by atoms with Gasteiger partial charge in [0, 0.05) is 12.6 Å². The van der Waals surface area contributed by atoms with Crippen LogP contribution in [0.2, 0.25) is 5.28 Å². The van der Waals surface area contributed by atoms with Crippen molar-refractivity contribution < 1.29 is 0 Å². The molecule has 0 radical (unpaired) electrons. The van der Waals surface area contributed by atoms with Crippen molar-refractivity contribution in [3.8, 4) is 0 Å². The van der Waals surface area contributed by atoms with Crippen LogP contribution in [0.3, 0.4) is 0 Å². The Morgan fingerprint density at radius 3 is 2.56 bits per heavy atom. The summed E-state index contributed by atoms with van der Waals surface area (Å²) < 4.78 is 3.13. The van der Waals surface area contributed by atoms with Crippen molar-refractivity contribution in [2.75, 3.05) is 0 Å². The van der Waals surface area contributed by atoms with Gasteiger partial charge in [-0.3, -0.25) is 9.36 Å². The van der Waals surface area contributed by atoms with Crippen LogP contribution in [0.1, 0.15) is 20.8 Å². The van der Waals surface area contributed by atoms with Crippen LogP contribution in [0.25, 0.3) is 11.2 Å². The number of rotatable bonds is 0. The zero-order chi connectivity index (χ0) is 12.1. The second-order valence-electron chi connectivity index (χ2n) is 4.72. The van der Waals surface area contributed by atoms with Crippen LogP contribution in [0, 0.1) is 0 Å². The van der Waals surface area contributed by atoms with Gasteiger partial charge in [-0.05, 0) is 32.4 Å². The Morgan fingerprint density at radius 1 is 1.38 bits per heavy atom. The molecule has 0 amide bonds. The van der Waals surface area contributed by atoms with Gasteiger partial charge in [0.1, 0.15) is 0 Å². The van der Waals surface area contributed by atoms with Crippen molar-refractivity contribution in [3.05, 3.63) is 22.0 Å². The van der Waals surface area contributed by atoms with E-state index in [2.05, 4.69) is 9.97 Å². The lowest BCUT2D eigenvalue weighted by molar-refractivity contribution is 0.382. The molecule has 0 N–H and O–H groups in total. The van der Waals surface area contributed by atoms with E-state index in [1.54, 1.807) is 17.9 Å². The van der Waals surface area contributed by atoms with Crippen molar-refractivity contribution in [2.24, 2.45) is 7.05 Å². The maximum atomic E-state index is 12.3. The molecule has 0 unspecified atom stereocenters. The number of aromatic nitrogens is 4. The largest absolute Gasteiger partial charge is 0.328 e. The topological polar surface area (TPSA) is 52.7 Å². The second-order valence-corrected chi connectivity index (χ2v) is 5.06. The molecule has 0 saturated carbocycles. The highest BCUT2D eigenvalue weighted by Gasteiger charge is 2.22. The summed E-state index contributed by atoms with van der Waals surface area (Å²) in [6.07, 6.45) is 1.56. The summed E-state index contributed by atoms with van der Waals surface area (Å²) >= 11 is 6.00. The van der Waals surface area contributed by atoms with E-state index in [0.717, 1.165) is 0 Å². The van der Waals surface area contributed by atoms with E-state index < -0.39 is 5.54 Å². The zero-order valence-electron chi connectivity index (χ0n) is 9.65. The number of fused-ring (bicyclic) bond motifs is 1. The predicted molar refractivity (Wildman–Crippen MR) is 62.8 cm³/mol. The SMILES string of the molecule is Cn1cnc2nc(Cl)n(C(C)(C)C)c(=O)c21. The molecular weight excluding hydrogens is 228 g/mol. The summed E-state index contributed by atoms with van der Waals surface area (Å²) in [5.74, 6) is 0. The van der Waals surface area contributed by atoms with E-state index in [4.69, 9.17) is 11.6 Å². The molecule has 5 nitrogen and oxygen atoms in total. The summed E-state index contributed by atoms with van der Waals surface area (Å²) in [4.78, 5) is 20.4. The third-order valence-electron chi connectivity index (χ3n) is 2.38. The van der Waals surface area contributed by atoms with Crippen LogP contribution in [0.5, 0.6) is 0 Å². The van der Waals surface area contributed by atoms with Crippen molar-refractivity contribution in [3.63, 3.8) is 0 Å². The van der Waals surface area contributed by atoms with Gasteiger partial charge in [0.25, 0.3) is 5.56 Å². The quantitative estimate of drug-likeness (QED) is 0.657. The minimum atomic E-state index is -0.403. The average molecular weight is 241 g/mol. The second kappa shape index (κ2) is 3.31. The molecule has 0 aliphatic rings. The summed E-state index contributed by atoms with van der Waals surface area (Å²) in [5.41, 5.74) is 0.291. The van der Waals surface area contributed by atoms with E-state index in [-0.39, 0.29) is 10.8 Å². The molecule has 0 aromatic carbocycles. The molecule has 2 heterocycles. The molecule has 0 aliphatic carbocycles. The number of halogens is 1. The van der Waals surface area contributed by atoms with Gasteiger partial charge in [-0.25, -0.2) is 4.98 Å². The predicted octanol–water partition coefficient (Wildman–Crippen LogP) is 1.54. The number of nitrogens with zero attached hydrogens (tertiary/aromatic N) is 4. The van der Waals surface area contributed by atoms with E-state index in [1.807, 2.05) is 20.8 Å². The highest BCUT2D eigenvalue weighted by atomic mass is 35.5. The lowest BCUT2D eigenvalue weighted by Crippen LogP contribution is -2.35. The van der Waals surface area contributed by atoms with Gasteiger partial charge in [0.05, 0.1) is 6.33 Å². The normalized spacial score (nSPS) is 12.3. The molecule has 2 rings (SSSR count). The van der Waals surface area contributed by atoms with Gasteiger partial charge in [0.2, 0.25) is 5.28 Å². The van der Waals surface area contributed by atoms with Crippen LogP contribution in [-0.4, -0.2) is 19.1 Å². The van der Waals surface area contributed by atoms with Gasteiger partial charge in [-0.15, -0.1) is 0 Å². The van der Waals surface area contributed by atoms with E-state index >= 15 is 0 Å². The standard InChI is InChI=1S/C10H13ClN4O/c1-10(2,3)15-8(16)6-7(13-9(15)11)12-5-14(6)4/h5H,1-4H3. The van der Waals surface area contributed by atoms with Gasteiger partial charge in [-0.1, -0.05) is 0 Å². The highest BCUT2D eigenvalue weighted by molar-refractivity contribution is 6.28. The molecule has 0 fully saturated rings. The number of hydrogen-bond acceptors (Lipinski definition) is 3. The van der Waals surface area contributed by atoms with Crippen LogP contribution >= 0.6 is 11.6 Å². The molecule has 0 atom stereocenters. The Bertz CT molecular complexity index is 606. The molecule has 0 aliphatic heterocycles. The van der Waals surface area contributed by atoms with Gasteiger partial charge in [0.15, 0.2) is 11.2 Å². The number of hydrogen-bond donors (Lipinski definition) is 0. The number of aryl methyl sites for hydroxylation is 1. The molecule has 2 aromatic rings. The fourth-order valence-electron chi connectivity index (χ4n) is 1.65. The lowest BCUT2D eigenvalue weighted by atomic mass is 10.1. The Hall–Kier alpha value is -1.36. The Morgan fingerprint density at radius 2 is 2.00 bits per heavy atom. The van der Waals surface area contributed by atoms with Crippen molar-refractivity contribution in [2.45, 2.75) is 26.3 Å². The Labute approximate surface area is 97.7 Å². The fraction of sp³-hybridized carbons (Fsp3) is 0.500. The molecular formula is C10H13ClN4O. The maximum Gasteiger partial charge on any atom is 0.281 e. The maximum absolute atomic E-state index is 12.3. The Balaban J connectivity index is 2.96. The third kappa shape index (κ3) is 1.51. The summed E-state index contributed by atoms with van der Waals surface area (Å²) in [6.45, 7) is 5.72. The molecule has 0 bridgehead atoms. The van der Waals surface area contributed by atoms with Crippen molar-refractivity contribution in [1.29, 1.82) is 0 Å². The lowest BCUT2D eigenvalue weighted by Gasteiger charge is -2.22. The van der Waals surface area contributed by atoms with Crippen LogP contribution in [0.4, 0.5) is 0 Å². The first-order valence-electron chi connectivity index (χ1n) is 4.92. The molecule has 2 aromatic heterocycles. The molecule has 16 heavy (non-hydrogen) atoms. The third-order valence-corrected chi connectivity index (χ3v) is 2.63. The van der Waals surface area contributed by atoms with E-state index in [1.165, 1.54) is 4.57 Å². The first kappa shape index (κ1) is 11.1. The summed E-state index contributed by atoms with van der Waals surface area (Å²) in [5, 5.41) is 0.170. The van der Waals surface area contributed by atoms with Crippen LogP contribution in [0.15, 0.2) is 11.1 Å². The molecule has 0 saturated heterocycles. The Kier molecular flexibility index (Phi) is 2.31. The zero-order valence-corrected chi connectivity index (χ0v) is 10.4. The summed E-state index contributed by atoms with van der Waals surface area (Å²) in [6, 6.07) is 0. The highest BCUT2D eigenvalue weighted by Crippen LogP contribution is 2.18. The molecule has 0 spiro atoms. The minimum Gasteiger partial charge on any atom is -0.328 e. The molecule has 6 heteroatoms. The van der Waals surface area contributed by atoms with E-state index in [9.17, 15) is 4.79 Å². The first-order chi connectivity index (χ1) is 7.32. The van der Waals surface area contributed by atoms with Gasteiger partial charge < -0.3 is 4.57 Å². The van der Waals surface area contributed by atoms with Crippen molar-refractivity contribution in [1.82, 2.24) is 19.1 Å². The van der Waals surface area contributed by atoms with Gasteiger partial charge >= 0.3 is 0 Å². The van der Waals surface area contributed by atoms with Crippen molar-refractivity contribution >= 4 is 22.8 Å². The molecule has 86 valence electrons.